The highest BCUT2D eigenvalue weighted by molar-refractivity contribution is 5.39. The van der Waals surface area contributed by atoms with E-state index in [0.29, 0.717) is 6.54 Å². The molecule has 0 spiro atoms. The largest absolute Gasteiger partial charge is 0.330 e. The maximum Gasteiger partial charge on any atom is 0.129 e. The van der Waals surface area contributed by atoms with Gasteiger partial charge >= 0.3 is 0 Å². The van der Waals surface area contributed by atoms with Gasteiger partial charge in [0.1, 0.15) is 5.82 Å². The zero-order valence-corrected chi connectivity index (χ0v) is 8.45. The van der Waals surface area contributed by atoms with Crippen LogP contribution in [0.5, 0.6) is 0 Å². The lowest BCUT2D eigenvalue weighted by Crippen LogP contribution is -2.07. The monoisotopic (exact) mass is 181 g/mol. The summed E-state index contributed by atoms with van der Waals surface area (Å²) in [5.74, 6) is -0.0888. The van der Waals surface area contributed by atoms with Crippen LogP contribution in [0.1, 0.15) is 22.3 Å². The van der Waals surface area contributed by atoms with Gasteiger partial charge in [-0.1, -0.05) is 6.07 Å². The molecule has 0 saturated carbocycles. The van der Waals surface area contributed by atoms with Crippen LogP contribution >= 0.6 is 0 Å². The molecular formula is C11H16FN. The molecule has 0 fully saturated rings. The Morgan fingerprint density at radius 3 is 2.38 bits per heavy atom. The van der Waals surface area contributed by atoms with E-state index in [1.54, 1.807) is 6.92 Å². The van der Waals surface area contributed by atoms with E-state index in [2.05, 4.69) is 0 Å². The first kappa shape index (κ1) is 10.2. The lowest BCUT2D eigenvalue weighted by Gasteiger charge is -2.11. The second-order valence-electron chi connectivity index (χ2n) is 3.47. The van der Waals surface area contributed by atoms with Gasteiger partial charge in [0.15, 0.2) is 0 Å². The van der Waals surface area contributed by atoms with E-state index in [9.17, 15) is 4.39 Å². The van der Waals surface area contributed by atoms with Gasteiger partial charge in [-0.2, -0.15) is 0 Å². The molecule has 0 saturated heterocycles. The maximum atomic E-state index is 13.5. The Morgan fingerprint density at radius 2 is 1.85 bits per heavy atom. The molecule has 0 aliphatic heterocycles. The molecule has 0 aliphatic carbocycles. The Kier molecular flexibility index (Phi) is 3.04. The average Bonchev–Trinajstić information content (AvgIpc) is 2.09. The highest BCUT2D eigenvalue weighted by Crippen LogP contribution is 2.20. The first-order valence-electron chi connectivity index (χ1n) is 4.53. The van der Waals surface area contributed by atoms with Crippen molar-refractivity contribution < 1.29 is 4.39 Å². The third-order valence-electron chi connectivity index (χ3n) is 2.43. The van der Waals surface area contributed by atoms with Crippen LogP contribution in [0.3, 0.4) is 0 Å². The Balaban J connectivity index is 3.26. The Morgan fingerprint density at radius 1 is 1.23 bits per heavy atom. The van der Waals surface area contributed by atoms with Gasteiger partial charge in [0.25, 0.3) is 0 Å². The third-order valence-corrected chi connectivity index (χ3v) is 2.43. The quantitative estimate of drug-likeness (QED) is 0.744. The minimum atomic E-state index is -0.0888. The maximum absolute atomic E-state index is 13.5. The molecule has 0 aromatic heterocycles. The first-order valence-corrected chi connectivity index (χ1v) is 4.53. The summed E-state index contributed by atoms with van der Waals surface area (Å²) in [6, 6.07) is 1.88. The van der Waals surface area contributed by atoms with Gasteiger partial charge in [-0.25, -0.2) is 4.39 Å². The summed E-state index contributed by atoms with van der Waals surface area (Å²) >= 11 is 0. The molecule has 0 unspecified atom stereocenters. The number of aryl methyl sites for hydroxylation is 2. The van der Waals surface area contributed by atoms with Crippen molar-refractivity contribution in [1.82, 2.24) is 0 Å². The summed E-state index contributed by atoms with van der Waals surface area (Å²) in [5.41, 5.74) is 9.14. The number of hydrogen-bond donors (Lipinski definition) is 1. The van der Waals surface area contributed by atoms with Crippen molar-refractivity contribution in [2.24, 2.45) is 5.73 Å². The molecule has 0 amide bonds. The molecule has 0 aliphatic rings. The van der Waals surface area contributed by atoms with Gasteiger partial charge in [0.2, 0.25) is 0 Å². The van der Waals surface area contributed by atoms with Gasteiger partial charge < -0.3 is 5.73 Å². The van der Waals surface area contributed by atoms with Gasteiger partial charge in [0.05, 0.1) is 0 Å². The highest BCUT2D eigenvalue weighted by atomic mass is 19.1. The van der Waals surface area contributed by atoms with Crippen LogP contribution in [0.25, 0.3) is 0 Å². The molecule has 1 rings (SSSR count). The smallest absolute Gasteiger partial charge is 0.129 e. The van der Waals surface area contributed by atoms with Gasteiger partial charge in [0, 0.05) is 0 Å². The molecule has 1 nitrogen and oxygen atoms in total. The summed E-state index contributed by atoms with van der Waals surface area (Å²) in [7, 11) is 0. The van der Waals surface area contributed by atoms with E-state index < -0.39 is 0 Å². The van der Waals surface area contributed by atoms with Crippen molar-refractivity contribution in [3.8, 4) is 0 Å². The van der Waals surface area contributed by atoms with E-state index in [-0.39, 0.29) is 5.82 Å². The second kappa shape index (κ2) is 3.88. The number of nitrogens with two attached hydrogens (primary N) is 1. The zero-order chi connectivity index (χ0) is 10.0. The van der Waals surface area contributed by atoms with Crippen molar-refractivity contribution in [3.63, 3.8) is 0 Å². The predicted molar refractivity (Wildman–Crippen MR) is 53.4 cm³/mol. The fraction of sp³-hybridized carbons (Fsp3) is 0.455. The normalized spacial score (nSPS) is 10.5. The van der Waals surface area contributed by atoms with Crippen molar-refractivity contribution in [1.29, 1.82) is 0 Å². The van der Waals surface area contributed by atoms with Crippen LogP contribution in [0, 0.1) is 26.6 Å². The highest BCUT2D eigenvalue weighted by Gasteiger charge is 2.09. The summed E-state index contributed by atoms with van der Waals surface area (Å²) in [4.78, 5) is 0. The molecule has 0 heterocycles. The van der Waals surface area contributed by atoms with Crippen LogP contribution in [0.2, 0.25) is 0 Å². The van der Waals surface area contributed by atoms with Crippen LogP contribution in [-0.4, -0.2) is 6.54 Å². The Bertz CT molecular complexity index is 318. The van der Waals surface area contributed by atoms with E-state index in [1.807, 2.05) is 19.9 Å². The topological polar surface area (TPSA) is 26.0 Å². The molecule has 0 bridgehead atoms. The first-order chi connectivity index (χ1) is 6.07. The second-order valence-corrected chi connectivity index (χ2v) is 3.47. The molecule has 0 atom stereocenters. The number of benzene rings is 1. The predicted octanol–water partition coefficient (Wildman–Crippen LogP) is 2.25. The van der Waals surface area contributed by atoms with Crippen LogP contribution in [0.15, 0.2) is 6.07 Å². The van der Waals surface area contributed by atoms with Crippen molar-refractivity contribution in [2.45, 2.75) is 27.2 Å². The Labute approximate surface area is 78.8 Å². The van der Waals surface area contributed by atoms with Gasteiger partial charge in [-0.05, 0) is 56.0 Å². The SMILES string of the molecule is Cc1cc(C)c(CCN)c(C)c1F. The van der Waals surface area contributed by atoms with E-state index >= 15 is 0 Å². The van der Waals surface area contributed by atoms with Crippen molar-refractivity contribution in [2.75, 3.05) is 6.54 Å². The lowest BCUT2D eigenvalue weighted by atomic mass is 9.97. The number of halogens is 1. The molecule has 1 aromatic carbocycles. The molecule has 2 N–H and O–H groups in total. The Hall–Kier alpha value is -0.890. The molecule has 0 radical (unpaired) electrons. The van der Waals surface area contributed by atoms with Gasteiger partial charge in [-0.15, -0.1) is 0 Å². The van der Waals surface area contributed by atoms with Crippen LogP contribution in [-0.2, 0) is 6.42 Å². The fourth-order valence-corrected chi connectivity index (χ4v) is 1.73. The number of rotatable bonds is 2. The fourth-order valence-electron chi connectivity index (χ4n) is 1.73. The standard InChI is InChI=1S/C11H16FN/c1-7-6-8(2)11(12)9(3)10(7)4-5-13/h6H,4-5,13H2,1-3H3. The molecule has 13 heavy (non-hydrogen) atoms. The molecule has 1 aromatic rings. The average molecular weight is 181 g/mol. The lowest BCUT2D eigenvalue weighted by molar-refractivity contribution is 0.605. The molecule has 72 valence electrons. The summed E-state index contributed by atoms with van der Waals surface area (Å²) in [6.07, 6.45) is 0.759. The van der Waals surface area contributed by atoms with Gasteiger partial charge in [-0.3, -0.25) is 0 Å². The minimum Gasteiger partial charge on any atom is -0.330 e. The summed E-state index contributed by atoms with van der Waals surface area (Å²) in [6.45, 7) is 6.19. The minimum absolute atomic E-state index is 0.0888. The van der Waals surface area contributed by atoms with Crippen molar-refractivity contribution in [3.05, 3.63) is 34.1 Å². The summed E-state index contributed by atoms with van der Waals surface area (Å²) in [5, 5.41) is 0. The van der Waals surface area contributed by atoms with Crippen LogP contribution in [0.4, 0.5) is 4.39 Å². The third kappa shape index (κ3) is 1.89. The van der Waals surface area contributed by atoms with E-state index in [0.717, 1.165) is 28.7 Å². The zero-order valence-electron chi connectivity index (χ0n) is 8.45. The number of hydrogen-bond acceptors (Lipinski definition) is 1. The summed E-state index contributed by atoms with van der Waals surface area (Å²) < 4.78 is 13.5. The van der Waals surface area contributed by atoms with E-state index in [4.69, 9.17) is 5.73 Å². The van der Waals surface area contributed by atoms with Crippen molar-refractivity contribution >= 4 is 0 Å². The van der Waals surface area contributed by atoms with Crippen LogP contribution < -0.4 is 5.73 Å². The molecular weight excluding hydrogens is 165 g/mol. The molecule has 2 heteroatoms. The van der Waals surface area contributed by atoms with E-state index in [1.165, 1.54) is 0 Å².